The molecule has 0 aromatic carbocycles. The number of rotatable bonds is 9. The molecule has 1 fully saturated rings. The summed E-state index contributed by atoms with van der Waals surface area (Å²) in [4.78, 5) is 19.3. The van der Waals surface area contributed by atoms with E-state index in [-0.39, 0.29) is 24.2 Å². The molecule has 0 atom stereocenters. The Labute approximate surface area is 210 Å². The molecule has 0 radical (unpaired) electrons. The molecule has 0 bridgehead atoms. The first-order valence-corrected chi connectivity index (χ1v) is 12.8. The quantitative estimate of drug-likeness (QED) is 0.561. The predicted molar refractivity (Wildman–Crippen MR) is 130 cm³/mol. The molecule has 1 aliphatic heterocycles. The molecule has 1 amide bonds. The number of hydrogen-bond acceptors (Lipinski definition) is 5. The van der Waals surface area contributed by atoms with Crippen LogP contribution in [0.2, 0.25) is 0 Å². The van der Waals surface area contributed by atoms with Crippen LogP contribution in [0.3, 0.4) is 0 Å². The van der Waals surface area contributed by atoms with Gasteiger partial charge in [-0.2, -0.15) is 4.39 Å². The number of alkyl halides is 2. The lowest BCUT2D eigenvalue weighted by Gasteiger charge is -2.30. The zero-order chi connectivity index (χ0) is 25.7. The summed E-state index contributed by atoms with van der Waals surface area (Å²) in [5.41, 5.74) is 2.43. The van der Waals surface area contributed by atoms with E-state index in [0.29, 0.717) is 11.5 Å². The number of halogens is 3. The van der Waals surface area contributed by atoms with Gasteiger partial charge in [0, 0.05) is 63.0 Å². The molecule has 1 saturated carbocycles. The fourth-order valence-electron chi connectivity index (χ4n) is 5.15. The SMILES string of the molecule is Cn1cc(CC(=O)N[C@H]2CC[C@H](CCN3CCc4ccc(OCC(C)(F)F)nc4CC3)CC2)c(F)n1. The number of aryl methyl sites for hydroxylation is 1. The molecule has 2 aliphatic rings. The minimum Gasteiger partial charge on any atom is -0.471 e. The van der Waals surface area contributed by atoms with Gasteiger partial charge in [-0.1, -0.05) is 6.07 Å². The summed E-state index contributed by atoms with van der Waals surface area (Å²) in [7, 11) is 1.64. The number of carbonyl (C=O) groups excluding carboxylic acids is 1. The van der Waals surface area contributed by atoms with Gasteiger partial charge in [0.05, 0.1) is 6.42 Å². The largest absolute Gasteiger partial charge is 0.471 e. The molecule has 0 unspecified atom stereocenters. The van der Waals surface area contributed by atoms with Crippen LogP contribution in [0.15, 0.2) is 18.3 Å². The van der Waals surface area contributed by atoms with Crippen LogP contribution in [0.4, 0.5) is 13.2 Å². The smallest absolute Gasteiger partial charge is 0.278 e. The number of nitrogens with zero attached hydrogens (tertiary/aromatic N) is 4. The van der Waals surface area contributed by atoms with E-state index in [1.165, 1.54) is 4.68 Å². The second kappa shape index (κ2) is 11.6. The third-order valence-electron chi connectivity index (χ3n) is 7.15. The number of nitrogens with one attached hydrogen (secondary N) is 1. The van der Waals surface area contributed by atoms with Crippen molar-refractivity contribution in [2.45, 2.75) is 70.3 Å². The van der Waals surface area contributed by atoms with Gasteiger partial charge in [-0.3, -0.25) is 9.48 Å². The second-order valence-corrected chi connectivity index (χ2v) is 10.3. The zero-order valence-corrected chi connectivity index (χ0v) is 21.1. The lowest BCUT2D eigenvalue weighted by Crippen LogP contribution is -2.39. The van der Waals surface area contributed by atoms with E-state index in [9.17, 15) is 18.0 Å². The molecule has 2 aromatic rings. The molecular formula is C26H36F3N5O2. The lowest BCUT2D eigenvalue weighted by molar-refractivity contribution is -0.121. The van der Waals surface area contributed by atoms with E-state index in [4.69, 9.17) is 4.74 Å². The zero-order valence-electron chi connectivity index (χ0n) is 21.1. The van der Waals surface area contributed by atoms with Crippen molar-refractivity contribution in [3.63, 3.8) is 0 Å². The summed E-state index contributed by atoms with van der Waals surface area (Å²) < 4.78 is 46.4. The molecule has 198 valence electrons. The fraction of sp³-hybridized carbons (Fsp3) is 0.654. The first-order chi connectivity index (χ1) is 17.1. The second-order valence-electron chi connectivity index (χ2n) is 10.3. The van der Waals surface area contributed by atoms with Crippen molar-refractivity contribution in [1.82, 2.24) is 25.0 Å². The van der Waals surface area contributed by atoms with Crippen molar-refractivity contribution >= 4 is 5.91 Å². The van der Waals surface area contributed by atoms with Crippen molar-refractivity contribution < 1.29 is 22.7 Å². The highest BCUT2D eigenvalue weighted by Gasteiger charge is 2.25. The molecule has 2 aromatic heterocycles. The summed E-state index contributed by atoms with van der Waals surface area (Å²) in [6.45, 7) is 3.03. The molecule has 10 heteroatoms. The van der Waals surface area contributed by atoms with Crippen LogP contribution in [0.1, 0.15) is 55.8 Å². The fourth-order valence-corrected chi connectivity index (χ4v) is 5.15. The predicted octanol–water partition coefficient (Wildman–Crippen LogP) is 3.70. The monoisotopic (exact) mass is 507 g/mol. The van der Waals surface area contributed by atoms with Crippen molar-refractivity contribution in [2.75, 3.05) is 26.2 Å². The first kappa shape index (κ1) is 26.4. The summed E-state index contributed by atoms with van der Waals surface area (Å²) in [5, 5.41) is 6.71. The minimum atomic E-state index is -2.88. The van der Waals surface area contributed by atoms with E-state index >= 15 is 0 Å². The molecule has 1 aliphatic carbocycles. The van der Waals surface area contributed by atoms with Gasteiger partial charge in [0.25, 0.3) is 5.92 Å². The van der Waals surface area contributed by atoms with Crippen LogP contribution < -0.4 is 10.1 Å². The van der Waals surface area contributed by atoms with Crippen LogP contribution >= 0.6 is 0 Å². The van der Waals surface area contributed by atoms with Crippen molar-refractivity contribution in [1.29, 1.82) is 0 Å². The highest BCUT2D eigenvalue weighted by atomic mass is 19.3. The van der Waals surface area contributed by atoms with Crippen LogP contribution in [0.5, 0.6) is 5.88 Å². The van der Waals surface area contributed by atoms with Gasteiger partial charge >= 0.3 is 0 Å². The summed E-state index contributed by atoms with van der Waals surface area (Å²) in [6, 6.07) is 3.79. The van der Waals surface area contributed by atoms with E-state index < -0.39 is 18.5 Å². The molecule has 1 N–H and O–H groups in total. The Bertz CT molecular complexity index is 1030. The summed E-state index contributed by atoms with van der Waals surface area (Å²) >= 11 is 0. The number of carbonyl (C=O) groups is 1. The molecular weight excluding hydrogens is 471 g/mol. The van der Waals surface area contributed by atoms with Gasteiger partial charge in [-0.05, 0) is 56.6 Å². The number of aromatic nitrogens is 3. The van der Waals surface area contributed by atoms with E-state index in [2.05, 4.69) is 20.3 Å². The molecule has 0 saturated heterocycles. The number of hydrogen-bond donors (Lipinski definition) is 1. The topological polar surface area (TPSA) is 72.3 Å². The van der Waals surface area contributed by atoms with Crippen LogP contribution in [0, 0.1) is 11.9 Å². The maximum Gasteiger partial charge on any atom is 0.278 e. The Hall–Kier alpha value is -2.62. The highest BCUT2D eigenvalue weighted by molar-refractivity contribution is 5.78. The molecule has 3 heterocycles. The van der Waals surface area contributed by atoms with Crippen molar-refractivity contribution in [3.8, 4) is 5.88 Å². The average molecular weight is 508 g/mol. The average Bonchev–Trinajstić information content (AvgIpc) is 3.01. The van der Waals surface area contributed by atoms with Crippen molar-refractivity contribution in [3.05, 3.63) is 41.1 Å². The Morgan fingerprint density at radius 3 is 2.64 bits per heavy atom. The van der Waals surface area contributed by atoms with Gasteiger partial charge in [0.15, 0.2) is 6.61 Å². The van der Waals surface area contributed by atoms with Crippen LogP contribution in [-0.4, -0.2) is 63.8 Å². The van der Waals surface area contributed by atoms with E-state index in [1.54, 1.807) is 19.3 Å². The highest BCUT2D eigenvalue weighted by Crippen LogP contribution is 2.28. The number of fused-ring (bicyclic) bond motifs is 1. The number of ether oxygens (including phenoxy) is 1. The summed E-state index contributed by atoms with van der Waals surface area (Å²) in [6.07, 6.45) is 8.39. The van der Waals surface area contributed by atoms with Crippen LogP contribution in [0.25, 0.3) is 0 Å². The Morgan fingerprint density at radius 2 is 1.94 bits per heavy atom. The third kappa shape index (κ3) is 7.69. The molecule has 4 rings (SSSR count). The number of amides is 1. The molecule has 7 nitrogen and oxygen atoms in total. The molecule has 36 heavy (non-hydrogen) atoms. The minimum absolute atomic E-state index is 0.0184. The van der Waals surface area contributed by atoms with Gasteiger partial charge < -0.3 is 15.0 Å². The Morgan fingerprint density at radius 1 is 1.19 bits per heavy atom. The maximum absolute atomic E-state index is 13.7. The van der Waals surface area contributed by atoms with Crippen molar-refractivity contribution in [2.24, 2.45) is 13.0 Å². The van der Waals surface area contributed by atoms with Gasteiger partial charge in [0.1, 0.15) is 0 Å². The van der Waals surface area contributed by atoms with Gasteiger partial charge in [-0.25, -0.2) is 13.8 Å². The lowest BCUT2D eigenvalue weighted by atomic mass is 9.84. The Balaban J connectivity index is 1.16. The third-order valence-corrected chi connectivity index (χ3v) is 7.15. The number of pyridine rings is 1. The first-order valence-electron chi connectivity index (χ1n) is 12.8. The van der Waals surface area contributed by atoms with Gasteiger partial charge in [0.2, 0.25) is 17.7 Å². The van der Waals surface area contributed by atoms with E-state index in [0.717, 1.165) is 82.8 Å². The maximum atomic E-state index is 13.7. The summed E-state index contributed by atoms with van der Waals surface area (Å²) in [5.74, 6) is -2.72. The normalized spacial score (nSPS) is 21.0. The van der Waals surface area contributed by atoms with E-state index in [1.807, 2.05) is 6.07 Å². The standard InChI is InChI=1S/C26H36F3N5O2/c1-26(28,29)17-36-24-8-5-19-10-13-34(14-11-22(19)31-24)12-9-18-3-6-21(7-4-18)30-23(35)15-20-16-33(2)32-25(20)27/h5,8,16,18,21H,3-4,6-7,9-15,17H2,1-2H3,(H,30,35)/t18-,21-. The Kier molecular flexibility index (Phi) is 8.54. The van der Waals surface area contributed by atoms with Gasteiger partial charge in [-0.15, -0.1) is 5.10 Å². The van der Waals surface area contributed by atoms with Crippen LogP contribution in [-0.2, 0) is 31.1 Å². The molecule has 0 spiro atoms.